The van der Waals surface area contributed by atoms with Gasteiger partial charge in [-0.05, 0) is 26.1 Å². The Morgan fingerprint density at radius 2 is 2.13 bits per heavy atom. The predicted molar refractivity (Wildman–Crippen MR) is 92.3 cm³/mol. The van der Waals surface area contributed by atoms with Gasteiger partial charge in [0.25, 0.3) is 0 Å². The molecule has 1 aliphatic heterocycles. The lowest BCUT2D eigenvalue weighted by molar-refractivity contribution is -0.0182. The number of rotatable bonds is 5. The van der Waals surface area contributed by atoms with Crippen LogP contribution in [0.15, 0.2) is 30.3 Å². The summed E-state index contributed by atoms with van der Waals surface area (Å²) in [5.41, 5.74) is 2.97. The summed E-state index contributed by atoms with van der Waals surface area (Å²) >= 11 is 6.53. The SMILES string of the molecule is Cc1nn(-c2ccccc2)c(Cl)c1CNC[C@H]1CN(C)CCO1. The highest BCUT2D eigenvalue weighted by Crippen LogP contribution is 2.23. The van der Waals surface area contributed by atoms with Gasteiger partial charge in [-0.25, -0.2) is 4.68 Å². The summed E-state index contributed by atoms with van der Waals surface area (Å²) in [6, 6.07) is 9.95. The first-order valence-corrected chi connectivity index (χ1v) is 8.33. The fraction of sp³-hybridized carbons (Fsp3) is 0.471. The van der Waals surface area contributed by atoms with Gasteiger partial charge >= 0.3 is 0 Å². The van der Waals surface area contributed by atoms with E-state index in [0.29, 0.717) is 11.7 Å². The third kappa shape index (κ3) is 3.93. The van der Waals surface area contributed by atoms with Crippen molar-refractivity contribution in [2.24, 2.45) is 0 Å². The molecule has 1 aromatic heterocycles. The molecule has 0 aliphatic carbocycles. The van der Waals surface area contributed by atoms with Crippen molar-refractivity contribution < 1.29 is 4.74 Å². The van der Waals surface area contributed by atoms with Crippen LogP contribution >= 0.6 is 11.6 Å². The fourth-order valence-electron chi connectivity index (χ4n) is 2.82. The molecule has 0 spiro atoms. The highest BCUT2D eigenvalue weighted by atomic mass is 35.5. The number of morpholine rings is 1. The molecule has 2 aromatic rings. The second-order valence-electron chi connectivity index (χ2n) is 5.99. The van der Waals surface area contributed by atoms with Crippen molar-refractivity contribution in [1.29, 1.82) is 0 Å². The Morgan fingerprint density at radius 1 is 1.35 bits per heavy atom. The third-order valence-corrected chi connectivity index (χ3v) is 4.53. The van der Waals surface area contributed by atoms with Crippen LogP contribution in [-0.4, -0.2) is 54.1 Å². The van der Waals surface area contributed by atoms with Crippen LogP contribution in [0.2, 0.25) is 5.15 Å². The Hall–Kier alpha value is -1.40. The van der Waals surface area contributed by atoms with Crippen LogP contribution in [-0.2, 0) is 11.3 Å². The molecule has 1 saturated heterocycles. The van der Waals surface area contributed by atoms with E-state index in [4.69, 9.17) is 16.3 Å². The molecule has 124 valence electrons. The number of benzene rings is 1. The number of halogens is 1. The van der Waals surface area contributed by atoms with E-state index in [1.165, 1.54) is 0 Å². The molecule has 2 heterocycles. The lowest BCUT2D eigenvalue weighted by atomic mass is 10.2. The minimum absolute atomic E-state index is 0.233. The van der Waals surface area contributed by atoms with Crippen LogP contribution in [0.4, 0.5) is 0 Å². The lowest BCUT2D eigenvalue weighted by Gasteiger charge is -2.30. The molecule has 1 aliphatic rings. The quantitative estimate of drug-likeness (QED) is 0.910. The smallest absolute Gasteiger partial charge is 0.137 e. The summed E-state index contributed by atoms with van der Waals surface area (Å²) in [7, 11) is 2.13. The number of para-hydroxylation sites is 1. The fourth-order valence-corrected chi connectivity index (χ4v) is 3.16. The molecule has 1 aromatic carbocycles. The molecule has 3 rings (SSSR count). The van der Waals surface area contributed by atoms with Crippen LogP contribution in [0.1, 0.15) is 11.3 Å². The number of ether oxygens (including phenoxy) is 1. The highest BCUT2D eigenvalue weighted by Gasteiger charge is 2.18. The molecule has 6 heteroatoms. The Kier molecular flexibility index (Phi) is 5.33. The first-order valence-electron chi connectivity index (χ1n) is 7.95. The minimum atomic E-state index is 0.233. The van der Waals surface area contributed by atoms with E-state index in [1.54, 1.807) is 4.68 Å². The normalized spacial score (nSPS) is 19.2. The zero-order valence-corrected chi connectivity index (χ0v) is 14.4. The predicted octanol–water partition coefficient (Wildman–Crippen LogP) is 2.25. The molecule has 5 nitrogen and oxygen atoms in total. The average Bonchev–Trinajstić information content (AvgIpc) is 2.84. The lowest BCUT2D eigenvalue weighted by Crippen LogP contribution is -2.44. The molecule has 23 heavy (non-hydrogen) atoms. The third-order valence-electron chi connectivity index (χ3n) is 4.14. The summed E-state index contributed by atoms with van der Waals surface area (Å²) in [6.45, 7) is 6.27. The van der Waals surface area contributed by atoms with E-state index >= 15 is 0 Å². The molecule has 0 saturated carbocycles. The van der Waals surface area contributed by atoms with Crippen LogP contribution in [0.5, 0.6) is 0 Å². The van der Waals surface area contributed by atoms with E-state index in [-0.39, 0.29) is 6.10 Å². The Labute approximate surface area is 142 Å². The summed E-state index contributed by atoms with van der Waals surface area (Å²) in [5.74, 6) is 0. The van der Waals surface area contributed by atoms with E-state index in [1.807, 2.05) is 37.3 Å². The number of aromatic nitrogens is 2. The van der Waals surface area contributed by atoms with Gasteiger partial charge in [0.15, 0.2) is 0 Å². The summed E-state index contributed by atoms with van der Waals surface area (Å²) in [4.78, 5) is 2.29. The molecular weight excluding hydrogens is 312 g/mol. The van der Waals surface area contributed by atoms with E-state index in [0.717, 1.165) is 43.2 Å². The van der Waals surface area contributed by atoms with Crippen molar-refractivity contribution in [2.45, 2.75) is 19.6 Å². The zero-order valence-electron chi connectivity index (χ0n) is 13.6. The van der Waals surface area contributed by atoms with Gasteiger partial charge in [-0.15, -0.1) is 0 Å². The Balaban J connectivity index is 1.63. The number of aryl methyl sites for hydroxylation is 1. The number of nitrogens with one attached hydrogen (secondary N) is 1. The molecule has 0 unspecified atom stereocenters. The van der Waals surface area contributed by atoms with E-state index < -0.39 is 0 Å². The Bertz CT molecular complexity index is 644. The van der Waals surface area contributed by atoms with Crippen molar-refractivity contribution in [1.82, 2.24) is 20.0 Å². The largest absolute Gasteiger partial charge is 0.374 e. The van der Waals surface area contributed by atoms with Crippen molar-refractivity contribution in [3.05, 3.63) is 46.7 Å². The topological polar surface area (TPSA) is 42.3 Å². The van der Waals surface area contributed by atoms with Crippen molar-refractivity contribution in [3.63, 3.8) is 0 Å². The summed E-state index contributed by atoms with van der Waals surface area (Å²) < 4.78 is 7.55. The molecule has 0 amide bonds. The molecule has 1 atom stereocenters. The molecule has 0 bridgehead atoms. The van der Waals surface area contributed by atoms with Crippen molar-refractivity contribution in [2.75, 3.05) is 33.3 Å². The maximum Gasteiger partial charge on any atom is 0.137 e. The molecular formula is C17H23ClN4O. The van der Waals surface area contributed by atoms with E-state index in [2.05, 4.69) is 22.4 Å². The zero-order chi connectivity index (χ0) is 16.2. The van der Waals surface area contributed by atoms with Gasteiger partial charge in [0.2, 0.25) is 0 Å². The second kappa shape index (κ2) is 7.45. The number of hydrogen-bond donors (Lipinski definition) is 1. The van der Waals surface area contributed by atoms with Gasteiger partial charge in [-0.3, -0.25) is 0 Å². The second-order valence-corrected chi connectivity index (χ2v) is 6.35. The summed E-state index contributed by atoms with van der Waals surface area (Å²) in [6.07, 6.45) is 0.233. The van der Waals surface area contributed by atoms with Gasteiger partial charge in [-0.1, -0.05) is 29.8 Å². The number of likely N-dealkylation sites (N-methyl/N-ethyl adjacent to an activating group) is 1. The van der Waals surface area contributed by atoms with Crippen LogP contribution < -0.4 is 5.32 Å². The minimum Gasteiger partial charge on any atom is -0.374 e. The van der Waals surface area contributed by atoms with Gasteiger partial charge in [-0.2, -0.15) is 5.10 Å². The molecule has 1 N–H and O–H groups in total. The maximum absolute atomic E-state index is 6.53. The van der Waals surface area contributed by atoms with Crippen molar-refractivity contribution in [3.8, 4) is 5.69 Å². The summed E-state index contributed by atoms with van der Waals surface area (Å²) in [5, 5.41) is 8.68. The Morgan fingerprint density at radius 3 is 2.87 bits per heavy atom. The monoisotopic (exact) mass is 334 g/mol. The first kappa shape index (κ1) is 16.5. The van der Waals surface area contributed by atoms with E-state index in [9.17, 15) is 0 Å². The molecule has 0 radical (unpaired) electrons. The number of nitrogens with zero attached hydrogens (tertiary/aromatic N) is 3. The number of hydrogen-bond acceptors (Lipinski definition) is 4. The average molecular weight is 335 g/mol. The van der Waals surface area contributed by atoms with Crippen LogP contribution in [0.25, 0.3) is 5.69 Å². The highest BCUT2D eigenvalue weighted by molar-refractivity contribution is 6.30. The van der Waals surface area contributed by atoms with Gasteiger partial charge in [0, 0.05) is 31.7 Å². The standard InChI is InChI=1S/C17H23ClN4O/c1-13-16(11-19-10-15-12-21(2)8-9-23-15)17(18)22(20-13)14-6-4-3-5-7-14/h3-7,15,19H,8-12H2,1-2H3/t15-/m0/s1. The molecule has 1 fully saturated rings. The first-order chi connectivity index (χ1) is 11.1. The maximum atomic E-state index is 6.53. The van der Waals surface area contributed by atoms with Crippen LogP contribution in [0, 0.1) is 6.92 Å². The van der Waals surface area contributed by atoms with Gasteiger partial charge in [0.1, 0.15) is 5.15 Å². The van der Waals surface area contributed by atoms with Crippen molar-refractivity contribution >= 4 is 11.6 Å². The van der Waals surface area contributed by atoms with Gasteiger partial charge in [0.05, 0.1) is 24.1 Å². The van der Waals surface area contributed by atoms with Gasteiger partial charge < -0.3 is 15.0 Å². The van der Waals surface area contributed by atoms with Crippen LogP contribution in [0.3, 0.4) is 0 Å².